The van der Waals surface area contributed by atoms with Crippen molar-refractivity contribution in [1.29, 1.82) is 0 Å². The highest BCUT2D eigenvalue weighted by Crippen LogP contribution is 2.16. The van der Waals surface area contributed by atoms with Gasteiger partial charge in [0, 0.05) is 45.5 Å². The van der Waals surface area contributed by atoms with E-state index in [0.29, 0.717) is 6.54 Å². The van der Waals surface area contributed by atoms with E-state index in [4.69, 9.17) is 16.6 Å². The van der Waals surface area contributed by atoms with Crippen LogP contribution >= 0.6 is 11.6 Å². The maximum Gasteiger partial charge on any atom is 0.194 e. The summed E-state index contributed by atoms with van der Waals surface area (Å²) in [6, 6.07) is 1.98. The fraction of sp³-hybridized carbons (Fsp3) is 0.588. The Labute approximate surface area is 153 Å². The van der Waals surface area contributed by atoms with E-state index >= 15 is 0 Å². The summed E-state index contributed by atoms with van der Waals surface area (Å²) in [6.07, 6.45) is 5.32. The van der Waals surface area contributed by atoms with E-state index in [1.807, 2.05) is 30.9 Å². The van der Waals surface area contributed by atoms with Gasteiger partial charge in [-0.05, 0) is 25.8 Å². The van der Waals surface area contributed by atoms with E-state index < -0.39 is 0 Å². The van der Waals surface area contributed by atoms with Crippen molar-refractivity contribution < 1.29 is 0 Å². The summed E-state index contributed by atoms with van der Waals surface area (Å²) in [5.74, 6) is 2.89. The molecular formula is C17H26ClN7. The molecule has 136 valence electrons. The number of nitrogens with one attached hydrogen (secondary N) is 1. The maximum atomic E-state index is 6.08. The van der Waals surface area contributed by atoms with Gasteiger partial charge in [-0.3, -0.25) is 0 Å². The molecule has 7 nitrogen and oxygen atoms in total. The molecule has 0 radical (unpaired) electrons. The van der Waals surface area contributed by atoms with Crippen molar-refractivity contribution in [1.82, 2.24) is 29.5 Å². The number of fused-ring (bicyclic) bond motifs is 1. The van der Waals surface area contributed by atoms with E-state index in [9.17, 15) is 0 Å². The van der Waals surface area contributed by atoms with Crippen LogP contribution < -0.4 is 5.32 Å². The second-order valence-electron chi connectivity index (χ2n) is 6.43. The molecule has 1 N–H and O–H groups in total. The van der Waals surface area contributed by atoms with Gasteiger partial charge in [-0.15, -0.1) is 10.2 Å². The van der Waals surface area contributed by atoms with Crippen LogP contribution in [0, 0.1) is 0 Å². The summed E-state index contributed by atoms with van der Waals surface area (Å²) in [6.45, 7) is 5.15. The minimum absolute atomic E-state index is 0.535. The molecule has 0 fully saturated rings. The molecule has 1 aliphatic heterocycles. The van der Waals surface area contributed by atoms with E-state index in [1.54, 1.807) is 0 Å². The average Bonchev–Trinajstić information content (AvgIpc) is 3.14. The quantitative estimate of drug-likeness (QED) is 0.653. The SMILES string of the molecule is CCNC(=NCc1nnc2n1CCCC2)N(C)Cc1cc(Cl)cn1C. The topological polar surface area (TPSA) is 63.3 Å². The lowest BCUT2D eigenvalue weighted by Gasteiger charge is -2.22. The first-order chi connectivity index (χ1) is 12.1. The number of aromatic nitrogens is 4. The van der Waals surface area contributed by atoms with Gasteiger partial charge in [0.05, 0.1) is 11.6 Å². The van der Waals surface area contributed by atoms with Crippen LogP contribution in [0.2, 0.25) is 5.02 Å². The molecule has 0 bridgehead atoms. The summed E-state index contributed by atoms with van der Waals surface area (Å²) in [7, 11) is 4.03. The molecule has 3 heterocycles. The molecule has 2 aromatic rings. The van der Waals surface area contributed by atoms with Crippen molar-refractivity contribution >= 4 is 17.6 Å². The molecule has 8 heteroatoms. The van der Waals surface area contributed by atoms with Crippen molar-refractivity contribution in [3.63, 3.8) is 0 Å². The number of aliphatic imine (C=N–C) groups is 1. The third-order valence-corrected chi connectivity index (χ3v) is 4.68. The molecule has 1 aliphatic rings. The maximum absolute atomic E-state index is 6.08. The van der Waals surface area contributed by atoms with Crippen LogP contribution in [-0.4, -0.2) is 43.8 Å². The number of rotatable bonds is 5. The zero-order valence-corrected chi connectivity index (χ0v) is 15.9. The lowest BCUT2D eigenvalue weighted by molar-refractivity contribution is 0.460. The molecule has 0 atom stereocenters. The van der Waals surface area contributed by atoms with Gasteiger partial charge >= 0.3 is 0 Å². The first kappa shape index (κ1) is 17.8. The van der Waals surface area contributed by atoms with Crippen LogP contribution in [0.4, 0.5) is 0 Å². The van der Waals surface area contributed by atoms with Gasteiger partial charge < -0.3 is 19.4 Å². The van der Waals surface area contributed by atoms with Crippen LogP contribution in [0.3, 0.4) is 0 Å². The number of nitrogens with zero attached hydrogens (tertiary/aromatic N) is 6. The van der Waals surface area contributed by atoms with Crippen molar-refractivity contribution in [2.75, 3.05) is 13.6 Å². The van der Waals surface area contributed by atoms with E-state index in [-0.39, 0.29) is 0 Å². The van der Waals surface area contributed by atoms with E-state index in [0.717, 1.165) is 54.4 Å². The molecular weight excluding hydrogens is 338 g/mol. The van der Waals surface area contributed by atoms with Gasteiger partial charge in [0.15, 0.2) is 11.8 Å². The fourth-order valence-electron chi connectivity index (χ4n) is 3.14. The highest BCUT2D eigenvalue weighted by molar-refractivity contribution is 6.30. The van der Waals surface area contributed by atoms with E-state index in [2.05, 4.69) is 31.9 Å². The third kappa shape index (κ3) is 4.15. The highest BCUT2D eigenvalue weighted by atomic mass is 35.5. The number of hydrogen-bond acceptors (Lipinski definition) is 3. The monoisotopic (exact) mass is 363 g/mol. The first-order valence-electron chi connectivity index (χ1n) is 8.79. The Morgan fingerprint density at radius 3 is 2.96 bits per heavy atom. The molecule has 0 aromatic carbocycles. The Morgan fingerprint density at radius 1 is 1.40 bits per heavy atom. The summed E-state index contributed by atoms with van der Waals surface area (Å²) < 4.78 is 4.25. The van der Waals surface area contributed by atoms with Crippen LogP contribution in [0.1, 0.15) is 37.1 Å². The second-order valence-corrected chi connectivity index (χ2v) is 6.86. The first-order valence-corrected chi connectivity index (χ1v) is 9.17. The van der Waals surface area contributed by atoms with Gasteiger partial charge in [0.2, 0.25) is 0 Å². The minimum atomic E-state index is 0.535. The highest BCUT2D eigenvalue weighted by Gasteiger charge is 2.16. The van der Waals surface area contributed by atoms with Crippen molar-refractivity contribution in [3.05, 3.63) is 34.6 Å². The Kier molecular flexibility index (Phi) is 5.63. The lowest BCUT2D eigenvalue weighted by atomic mass is 10.2. The normalized spacial score (nSPS) is 14.5. The summed E-state index contributed by atoms with van der Waals surface area (Å²) in [4.78, 5) is 6.86. The van der Waals surface area contributed by atoms with Crippen LogP contribution in [-0.2, 0) is 33.1 Å². The largest absolute Gasteiger partial charge is 0.357 e. The van der Waals surface area contributed by atoms with Crippen LogP contribution in [0.25, 0.3) is 0 Å². The Hall–Kier alpha value is -2.02. The van der Waals surface area contributed by atoms with Gasteiger partial charge in [0.25, 0.3) is 0 Å². The van der Waals surface area contributed by atoms with Crippen molar-refractivity contribution in [2.24, 2.45) is 12.0 Å². The zero-order chi connectivity index (χ0) is 17.8. The summed E-state index contributed by atoms with van der Waals surface area (Å²) in [5, 5.41) is 12.7. The van der Waals surface area contributed by atoms with Crippen LogP contribution in [0.15, 0.2) is 17.3 Å². The second kappa shape index (κ2) is 7.91. The smallest absolute Gasteiger partial charge is 0.194 e. The van der Waals surface area contributed by atoms with Crippen LogP contribution in [0.5, 0.6) is 0 Å². The predicted octanol–water partition coefficient (Wildman–Crippen LogP) is 2.20. The van der Waals surface area contributed by atoms with Gasteiger partial charge in [-0.1, -0.05) is 11.6 Å². The lowest BCUT2D eigenvalue weighted by Crippen LogP contribution is -2.38. The molecule has 0 aliphatic carbocycles. The molecule has 0 unspecified atom stereocenters. The number of guanidine groups is 1. The number of halogens is 1. The molecule has 0 amide bonds. The molecule has 0 saturated carbocycles. The fourth-order valence-corrected chi connectivity index (χ4v) is 3.41. The Morgan fingerprint density at radius 2 is 2.24 bits per heavy atom. The average molecular weight is 364 g/mol. The molecule has 0 spiro atoms. The Bertz CT molecular complexity index is 746. The standard InChI is InChI=1S/C17H26ClN7/c1-4-19-17(24(3)12-14-9-13(18)11-23(14)2)20-10-16-22-21-15-7-5-6-8-25(15)16/h9,11H,4-8,10,12H2,1-3H3,(H,19,20). The molecule has 3 rings (SSSR count). The zero-order valence-electron chi connectivity index (χ0n) is 15.2. The number of aryl methyl sites for hydroxylation is 2. The van der Waals surface area contributed by atoms with Crippen molar-refractivity contribution in [3.8, 4) is 0 Å². The third-order valence-electron chi connectivity index (χ3n) is 4.48. The molecule has 2 aromatic heterocycles. The Balaban J connectivity index is 1.72. The predicted molar refractivity (Wildman–Crippen MR) is 99.7 cm³/mol. The summed E-state index contributed by atoms with van der Waals surface area (Å²) >= 11 is 6.08. The molecule has 25 heavy (non-hydrogen) atoms. The minimum Gasteiger partial charge on any atom is -0.357 e. The van der Waals surface area contributed by atoms with Gasteiger partial charge in [-0.2, -0.15) is 0 Å². The van der Waals surface area contributed by atoms with Gasteiger partial charge in [-0.25, -0.2) is 4.99 Å². The van der Waals surface area contributed by atoms with Gasteiger partial charge in [0.1, 0.15) is 12.4 Å². The summed E-state index contributed by atoms with van der Waals surface area (Å²) in [5.41, 5.74) is 1.14. The van der Waals surface area contributed by atoms with E-state index in [1.165, 1.54) is 12.8 Å². The molecule has 0 saturated heterocycles. The number of hydrogen-bond donors (Lipinski definition) is 1. The van der Waals surface area contributed by atoms with Crippen molar-refractivity contribution in [2.45, 2.75) is 45.8 Å².